The van der Waals surface area contributed by atoms with Gasteiger partial charge in [0.25, 0.3) is 0 Å². The lowest BCUT2D eigenvalue weighted by Gasteiger charge is -2.10. The zero-order valence-corrected chi connectivity index (χ0v) is 7.00. The van der Waals surface area contributed by atoms with Crippen molar-refractivity contribution in [1.29, 1.82) is 0 Å². The van der Waals surface area contributed by atoms with Gasteiger partial charge in [-0.3, -0.25) is 0 Å². The van der Waals surface area contributed by atoms with Gasteiger partial charge >= 0.3 is 0 Å². The quantitative estimate of drug-likeness (QED) is 0.634. The lowest BCUT2D eigenvalue weighted by molar-refractivity contribution is 0.481. The van der Waals surface area contributed by atoms with Crippen molar-refractivity contribution in [2.45, 2.75) is 26.3 Å². The molecule has 1 aliphatic heterocycles. The number of nitrogens with one attached hydrogen (secondary N) is 1. The third kappa shape index (κ3) is 2.59. The predicted octanol–water partition coefficient (Wildman–Crippen LogP) is 1.70. The summed E-state index contributed by atoms with van der Waals surface area (Å²) in [6.07, 6.45) is 1.34. The summed E-state index contributed by atoms with van der Waals surface area (Å²) < 4.78 is 0. The fraction of sp³-hybridized carbons (Fsp3) is 1.00. The Balaban J connectivity index is 2.11. The molecule has 1 nitrogen and oxygen atoms in total. The maximum atomic E-state index is 3.45. The van der Waals surface area contributed by atoms with Crippen molar-refractivity contribution >= 4 is 11.8 Å². The summed E-state index contributed by atoms with van der Waals surface area (Å²) >= 11 is 2.01. The fourth-order valence-corrected chi connectivity index (χ4v) is 2.17. The second-order valence-corrected chi connectivity index (χ2v) is 4.08. The van der Waals surface area contributed by atoms with Gasteiger partial charge in [-0.15, -0.1) is 11.8 Å². The van der Waals surface area contributed by atoms with Gasteiger partial charge in [-0.1, -0.05) is 13.8 Å². The Hall–Kier alpha value is 0.310. The molecule has 0 amide bonds. The van der Waals surface area contributed by atoms with Gasteiger partial charge in [0.1, 0.15) is 0 Å². The van der Waals surface area contributed by atoms with Crippen molar-refractivity contribution in [3.05, 3.63) is 0 Å². The number of rotatable bonds is 2. The van der Waals surface area contributed by atoms with Gasteiger partial charge in [0.05, 0.1) is 0 Å². The third-order valence-electron chi connectivity index (χ3n) is 1.55. The van der Waals surface area contributed by atoms with E-state index in [-0.39, 0.29) is 0 Å². The van der Waals surface area contributed by atoms with Gasteiger partial charge in [-0.2, -0.15) is 0 Å². The molecule has 1 aliphatic rings. The van der Waals surface area contributed by atoms with Crippen LogP contribution in [0.3, 0.4) is 0 Å². The van der Waals surface area contributed by atoms with Crippen LogP contribution in [0.5, 0.6) is 0 Å². The van der Waals surface area contributed by atoms with E-state index in [0.717, 1.165) is 17.8 Å². The van der Waals surface area contributed by atoms with E-state index in [4.69, 9.17) is 0 Å². The van der Waals surface area contributed by atoms with Gasteiger partial charge < -0.3 is 5.32 Å². The van der Waals surface area contributed by atoms with Crippen molar-refractivity contribution in [3.63, 3.8) is 0 Å². The van der Waals surface area contributed by atoms with Gasteiger partial charge in [-0.25, -0.2) is 0 Å². The van der Waals surface area contributed by atoms with Crippen LogP contribution in [0.2, 0.25) is 0 Å². The number of hydrogen-bond donors (Lipinski definition) is 1. The van der Waals surface area contributed by atoms with Crippen LogP contribution in [0.25, 0.3) is 0 Å². The van der Waals surface area contributed by atoms with Crippen LogP contribution in [-0.4, -0.2) is 17.7 Å². The largest absolute Gasteiger partial charge is 0.304 e. The first-order chi connectivity index (χ1) is 4.29. The molecule has 1 atom stereocenters. The Labute approximate surface area is 61.6 Å². The summed E-state index contributed by atoms with van der Waals surface area (Å²) in [7, 11) is 0. The molecule has 0 saturated carbocycles. The third-order valence-corrected chi connectivity index (χ3v) is 2.56. The molecule has 1 heterocycles. The summed E-state index contributed by atoms with van der Waals surface area (Å²) in [4.78, 5) is 0. The van der Waals surface area contributed by atoms with E-state index >= 15 is 0 Å². The van der Waals surface area contributed by atoms with Crippen molar-refractivity contribution in [1.82, 2.24) is 5.32 Å². The van der Waals surface area contributed by atoms with Gasteiger partial charge in [0, 0.05) is 17.7 Å². The first-order valence-electron chi connectivity index (χ1n) is 3.60. The number of thioether (sulfide) groups is 1. The Bertz CT molecular complexity index is 77.0. The van der Waals surface area contributed by atoms with E-state index < -0.39 is 0 Å². The molecular weight excluding hydrogens is 130 g/mol. The Morgan fingerprint density at radius 1 is 1.67 bits per heavy atom. The van der Waals surface area contributed by atoms with Crippen LogP contribution in [0.4, 0.5) is 0 Å². The van der Waals surface area contributed by atoms with E-state index in [2.05, 4.69) is 19.2 Å². The summed E-state index contributed by atoms with van der Waals surface area (Å²) in [5.41, 5.74) is 0. The van der Waals surface area contributed by atoms with Crippen LogP contribution in [0.15, 0.2) is 0 Å². The minimum absolute atomic E-state index is 0.801. The van der Waals surface area contributed by atoms with Crippen molar-refractivity contribution in [2.75, 3.05) is 11.6 Å². The second kappa shape index (κ2) is 3.47. The van der Waals surface area contributed by atoms with E-state index in [1.54, 1.807) is 0 Å². The average Bonchev–Trinajstić information content (AvgIpc) is 2.15. The average molecular weight is 145 g/mol. The Morgan fingerprint density at radius 2 is 2.44 bits per heavy atom. The zero-order chi connectivity index (χ0) is 6.69. The molecule has 0 radical (unpaired) electrons. The molecule has 0 aromatic heterocycles. The summed E-state index contributed by atoms with van der Waals surface area (Å²) in [6, 6.07) is 0.801. The molecule has 0 spiro atoms. The highest BCUT2D eigenvalue weighted by molar-refractivity contribution is 7.99. The Kier molecular flexibility index (Phi) is 2.86. The second-order valence-electron chi connectivity index (χ2n) is 3.05. The molecule has 0 aromatic carbocycles. The summed E-state index contributed by atoms with van der Waals surface area (Å²) in [5, 5.41) is 3.45. The van der Waals surface area contributed by atoms with Crippen LogP contribution in [0.1, 0.15) is 20.3 Å². The number of hydrogen-bond acceptors (Lipinski definition) is 2. The van der Waals surface area contributed by atoms with Crippen LogP contribution >= 0.6 is 11.8 Å². The molecule has 0 aliphatic carbocycles. The Morgan fingerprint density at radius 3 is 2.89 bits per heavy atom. The van der Waals surface area contributed by atoms with Crippen molar-refractivity contribution < 1.29 is 0 Å². The minimum Gasteiger partial charge on any atom is -0.304 e. The SMILES string of the molecule is CC(C)C[C@H]1CSCN1. The fourth-order valence-electron chi connectivity index (χ4n) is 1.16. The highest BCUT2D eigenvalue weighted by Gasteiger charge is 2.14. The van der Waals surface area contributed by atoms with Crippen LogP contribution in [-0.2, 0) is 0 Å². The topological polar surface area (TPSA) is 12.0 Å². The highest BCUT2D eigenvalue weighted by Crippen LogP contribution is 2.15. The van der Waals surface area contributed by atoms with Gasteiger partial charge in [-0.05, 0) is 12.3 Å². The minimum atomic E-state index is 0.801. The van der Waals surface area contributed by atoms with E-state index in [0.29, 0.717) is 0 Å². The molecule has 54 valence electrons. The highest BCUT2D eigenvalue weighted by atomic mass is 32.2. The van der Waals surface area contributed by atoms with Crippen LogP contribution in [0, 0.1) is 5.92 Å². The molecular formula is C7H15NS. The summed E-state index contributed by atoms with van der Waals surface area (Å²) in [6.45, 7) is 4.56. The smallest absolute Gasteiger partial charge is 0.0420 e. The molecule has 0 aromatic rings. The van der Waals surface area contributed by atoms with Gasteiger partial charge in [0.15, 0.2) is 0 Å². The van der Waals surface area contributed by atoms with Crippen molar-refractivity contribution in [3.8, 4) is 0 Å². The molecule has 0 bridgehead atoms. The lowest BCUT2D eigenvalue weighted by Crippen LogP contribution is -2.24. The zero-order valence-electron chi connectivity index (χ0n) is 6.18. The first-order valence-corrected chi connectivity index (χ1v) is 4.75. The lowest BCUT2D eigenvalue weighted by atomic mass is 10.1. The molecule has 1 rings (SSSR count). The van der Waals surface area contributed by atoms with Crippen molar-refractivity contribution in [2.24, 2.45) is 5.92 Å². The maximum Gasteiger partial charge on any atom is 0.0420 e. The van der Waals surface area contributed by atoms with E-state index in [9.17, 15) is 0 Å². The molecule has 1 fully saturated rings. The molecule has 0 unspecified atom stereocenters. The monoisotopic (exact) mass is 145 g/mol. The van der Waals surface area contributed by atoms with E-state index in [1.807, 2.05) is 11.8 Å². The molecule has 9 heavy (non-hydrogen) atoms. The van der Waals surface area contributed by atoms with E-state index in [1.165, 1.54) is 12.2 Å². The molecule has 1 saturated heterocycles. The molecule has 2 heteroatoms. The van der Waals surface area contributed by atoms with Crippen LogP contribution < -0.4 is 5.32 Å². The standard InChI is InChI=1S/C7H15NS/c1-6(2)3-7-4-9-5-8-7/h6-8H,3-5H2,1-2H3/t7-/m0/s1. The summed E-state index contributed by atoms with van der Waals surface area (Å²) in [5.74, 6) is 3.33. The van der Waals surface area contributed by atoms with Gasteiger partial charge in [0.2, 0.25) is 0 Å². The molecule has 1 N–H and O–H groups in total. The first kappa shape index (κ1) is 7.42. The maximum absolute atomic E-state index is 3.45. The normalized spacial score (nSPS) is 27.7. The predicted molar refractivity (Wildman–Crippen MR) is 43.7 cm³/mol.